The number of rotatable bonds is 4. The summed E-state index contributed by atoms with van der Waals surface area (Å²) in [6.45, 7) is 3.86. The molecule has 2 rings (SSSR count). The van der Waals surface area contributed by atoms with Crippen molar-refractivity contribution in [2.75, 3.05) is 6.61 Å². The molecule has 0 aromatic carbocycles. The molecule has 0 spiro atoms. The first-order valence-corrected chi connectivity index (χ1v) is 6.86. The Morgan fingerprint density at radius 3 is 3.11 bits per heavy atom. The highest BCUT2D eigenvalue weighted by atomic mass is 16.3. The minimum atomic E-state index is -0.188. The van der Waals surface area contributed by atoms with Crippen molar-refractivity contribution in [2.24, 2.45) is 5.92 Å². The van der Waals surface area contributed by atoms with Crippen LogP contribution in [0.3, 0.4) is 0 Å². The number of aliphatic hydroxyl groups excluding tert-OH is 1. The van der Waals surface area contributed by atoms with Crippen LogP contribution in [0.15, 0.2) is 16.7 Å². The Morgan fingerprint density at radius 2 is 2.37 bits per heavy atom. The molecule has 1 aromatic heterocycles. The molecule has 5 nitrogen and oxygen atoms in total. The van der Waals surface area contributed by atoms with Crippen LogP contribution in [0.5, 0.6) is 0 Å². The summed E-state index contributed by atoms with van der Waals surface area (Å²) in [7, 11) is 0. The smallest absolute Gasteiger partial charge is 0.315 e. The van der Waals surface area contributed by atoms with E-state index in [4.69, 9.17) is 9.52 Å². The highest BCUT2D eigenvalue weighted by Gasteiger charge is 2.24. The van der Waals surface area contributed by atoms with E-state index in [-0.39, 0.29) is 30.6 Å². The Bertz CT molecular complexity index is 430. The molecule has 3 unspecified atom stereocenters. The number of aryl methyl sites for hydroxylation is 1. The van der Waals surface area contributed by atoms with Crippen LogP contribution >= 0.6 is 0 Å². The third-order valence-corrected chi connectivity index (χ3v) is 3.86. The number of nitrogens with one attached hydrogen (secondary N) is 2. The van der Waals surface area contributed by atoms with Gasteiger partial charge in [0.25, 0.3) is 0 Å². The molecule has 0 fully saturated rings. The number of aliphatic hydroxyl groups is 1. The van der Waals surface area contributed by atoms with E-state index in [2.05, 4.69) is 10.6 Å². The third-order valence-electron chi connectivity index (χ3n) is 3.86. The van der Waals surface area contributed by atoms with Crippen molar-refractivity contribution in [3.8, 4) is 0 Å². The summed E-state index contributed by atoms with van der Waals surface area (Å²) >= 11 is 0. The first-order chi connectivity index (χ1) is 9.11. The number of carbonyl (C=O) groups excluding carboxylic acids is 1. The molecule has 1 aromatic rings. The maximum absolute atomic E-state index is 11.9. The van der Waals surface area contributed by atoms with Crippen LogP contribution < -0.4 is 10.6 Å². The van der Waals surface area contributed by atoms with Gasteiger partial charge in [0.15, 0.2) is 0 Å². The van der Waals surface area contributed by atoms with E-state index in [9.17, 15) is 4.79 Å². The maximum Gasteiger partial charge on any atom is 0.315 e. The van der Waals surface area contributed by atoms with Crippen LogP contribution in [0.2, 0.25) is 0 Å². The Hall–Kier alpha value is -1.49. The van der Waals surface area contributed by atoms with Gasteiger partial charge in [-0.3, -0.25) is 0 Å². The molecule has 3 atom stereocenters. The van der Waals surface area contributed by atoms with Gasteiger partial charge < -0.3 is 20.2 Å². The van der Waals surface area contributed by atoms with Crippen LogP contribution in [0.1, 0.15) is 44.1 Å². The van der Waals surface area contributed by atoms with Gasteiger partial charge in [-0.15, -0.1) is 0 Å². The lowest BCUT2D eigenvalue weighted by Gasteiger charge is -2.25. The normalized spacial score (nSPS) is 21.3. The zero-order chi connectivity index (χ0) is 13.8. The maximum atomic E-state index is 11.9. The topological polar surface area (TPSA) is 74.5 Å². The average molecular weight is 266 g/mol. The second-order valence-corrected chi connectivity index (χ2v) is 5.31. The second kappa shape index (κ2) is 6.10. The monoisotopic (exact) mass is 266 g/mol. The molecule has 106 valence electrons. The predicted molar refractivity (Wildman–Crippen MR) is 71.8 cm³/mol. The fourth-order valence-electron chi connectivity index (χ4n) is 2.34. The van der Waals surface area contributed by atoms with Crippen molar-refractivity contribution in [1.29, 1.82) is 0 Å². The summed E-state index contributed by atoms with van der Waals surface area (Å²) in [5.41, 5.74) is 1.09. The summed E-state index contributed by atoms with van der Waals surface area (Å²) in [5.74, 6) is 1.02. The second-order valence-electron chi connectivity index (χ2n) is 5.31. The van der Waals surface area contributed by atoms with E-state index in [1.807, 2.05) is 19.9 Å². The Balaban J connectivity index is 1.90. The predicted octanol–water partition coefficient (Wildman–Crippen LogP) is 1.97. The van der Waals surface area contributed by atoms with E-state index in [0.29, 0.717) is 0 Å². The van der Waals surface area contributed by atoms with Gasteiger partial charge >= 0.3 is 6.03 Å². The summed E-state index contributed by atoms with van der Waals surface area (Å²) in [5, 5.41) is 14.9. The molecule has 5 heteroatoms. The van der Waals surface area contributed by atoms with E-state index < -0.39 is 0 Å². The van der Waals surface area contributed by atoms with Gasteiger partial charge in [-0.05, 0) is 31.7 Å². The lowest BCUT2D eigenvalue weighted by molar-refractivity contribution is 0.198. The molecule has 19 heavy (non-hydrogen) atoms. The van der Waals surface area contributed by atoms with Crippen LogP contribution in [0.4, 0.5) is 4.79 Å². The number of hydrogen-bond donors (Lipinski definition) is 3. The number of carbonyl (C=O) groups is 1. The minimum Gasteiger partial charge on any atom is -0.469 e. The van der Waals surface area contributed by atoms with Crippen molar-refractivity contribution < 1.29 is 14.3 Å². The van der Waals surface area contributed by atoms with Gasteiger partial charge in [-0.1, -0.05) is 6.92 Å². The van der Waals surface area contributed by atoms with Crippen molar-refractivity contribution in [3.63, 3.8) is 0 Å². The van der Waals surface area contributed by atoms with Crippen LogP contribution in [-0.2, 0) is 6.42 Å². The van der Waals surface area contributed by atoms with E-state index in [0.717, 1.165) is 30.6 Å². The highest BCUT2D eigenvalue weighted by Crippen LogP contribution is 2.30. The van der Waals surface area contributed by atoms with Crippen molar-refractivity contribution in [3.05, 3.63) is 23.7 Å². The molecule has 0 radical (unpaired) electrons. The first kappa shape index (κ1) is 13.9. The lowest BCUT2D eigenvalue weighted by Crippen LogP contribution is -2.45. The molecule has 3 N–H and O–H groups in total. The number of furan rings is 1. The molecular weight excluding hydrogens is 244 g/mol. The quantitative estimate of drug-likeness (QED) is 0.780. The molecule has 1 heterocycles. The van der Waals surface area contributed by atoms with Crippen molar-refractivity contribution >= 4 is 6.03 Å². The summed E-state index contributed by atoms with van der Waals surface area (Å²) in [6, 6.07) is 1.71. The van der Waals surface area contributed by atoms with Crippen molar-refractivity contribution in [2.45, 2.75) is 45.2 Å². The Kier molecular flexibility index (Phi) is 4.47. The van der Waals surface area contributed by atoms with Crippen LogP contribution in [0.25, 0.3) is 0 Å². The number of urea groups is 1. The minimum absolute atomic E-state index is 0.0270. The van der Waals surface area contributed by atoms with E-state index in [1.54, 1.807) is 6.26 Å². The van der Waals surface area contributed by atoms with Crippen molar-refractivity contribution in [1.82, 2.24) is 10.6 Å². The van der Waals surface area contributed by atoms with E-state index >= 15 is 0 Å². The molecular formula is C14H22N2O3. The number of amides is 2. The summed E-state index contributed by atoms with van der Waals surface area (Å²) in [6.07, 6.45) is 4.58. The fraction of sp³-hybridized carbons (Fsp3) is 0.643. The lowest BCUT2D eigenvalue weighted by atomic mass is 9.93. The number of fused-ring (bicyclic) bond motifs is 1. The first-order valence-electron chi connectivity index (χ1n) is 6.86. The van der Waals surface area contributed by atoms with Gasteiger partial charge in [0.2, 0.25) is 0 Å². The van der Waals surface area contributed by atoms with Crippen LogP contribution in [-0.4, -0.2) is 23.8 Å². The van der Waals surface area contributed by atoms with Gasteiger partial charge in [-0.25, -0.2) is 4.79 Å². The molecule has 0 aliphatic heterocycles. The molecule has 1 aliphatic rings. The van der Waals surface area contributed by atoms with Gasteiger partial charge in [-0.2, -0.15) is 0 Å². The number of hydrogen-bond acceptors (Lipinski definition) is 3. The highest BCUT2D eigenvalue weighted by molar-refractivity contribution is 5.74. The third kappa shape index (κ3) is 3.29. The van der Waals surface area contributed by atoms with Gasteiger partial charge in [0, 0.05) is 24.6 Å². The van der Waals surface area contributed by atoms with E-state index in [1.165, 1.54) is 0 Å². The zero-order valence-corrected chi connectivity index (χ0v) is 11.5. The average Bonchev–Trinajstić information content (AvgIpc) is 2.87. The SMILES string of the molecule is CC(CO)C(C)NC(=O)NC1CCCc2occc21. The summed E-state index contributed by atoms with van der Waals surface area (Å²) < 4.78 is 5.40. The van der Waals surface area contributed by atoms with Gasteiger partial charge in [0.05, 0.1) is 12.3 Å². The van der Waals surface area contributed by atoms with Gasteiger partial charge in [0.1, 0.15) is 5.76 Å². The summed E-state index contributed by atoms with van der Waals surface area (Å²) in [4.78, 5) is 11.9. The Labute approximate surface area is 113 Å². The standard InChI is InChI=1S/C14H22N2O3/c1-9(8-17)10(2)15-14(18)16-12-4-3-5-13-11(12)6-7-19-13/h6-7,9-10,12,17H,3-5,8H2,1-2H3,(H2,15,16,18). The van der Waals surface area contributed by atoms with Crippen LogP contribution in [0, 0.1) is 5.92 Å². The largest absolute Gasteiger partial charge is 0.469 e. The molecule has 0 bridgehead atoms. The zero-order valence-electron chi connectivity index (χ0n) is 11.5. The molecule has 0 saturated heterocycles. The molecule has 0 saturated carbocycles. The molecule has 1 aliphatic carbocycles. The fourth-order valence-corrected chi connectivity index (χ4v) is 2.34. The Morgan fingerprint density at radius 1 is 1.58 bits per heavy atom. The molecule has 2 amide bonds.